The Hall–Kier alpha value is -3.30. The zero-order valence-electron chi connectivity index (χ0n) is 18.6. The van der Waals surface area contributed by atoms with Gasteiger partial charge in [-0.1, -0.05) is 13.8 Å². The van der Waals surface area contributed by atoms with Crippen molar-refractivity contribution in [2.45, 2.75) is 20.8 Å². The van der Waals surface area contributed by atoms with Crippen LogP contribution < -0.4 is 16.4 Å². The number of thiophene rings is 1. The highest BCUT2D eigenvalue weighted by atomic mass is 32.1. The van der Waals surface area contributed by atoms with Crippen LogP contribution in [0.5, 0.6) is 0 Å². The Kier molecular flexibility index (Phi) is 6.77. The number of rotatable bonds is 9. The molecule has 4 aromatic rings. The minimum absolute atomic E-state index is 0.284. The van der Waals surface area contributed by atoms with E-state index in [1.807, 2.05) is 12.1 Å². The van der Waals surface area contributed by atoms with Crippen LogP contribution in [0.2, 0.25) is 0 Å². The maximum Gasteiger partial charge on any atom is 0.224 e. The van der Waals surface area contributed by atoms with Crippen molar-refractivity contribution in [3.05, 3.63) is 48.3 Å². The van der Waals surface area contributed by atoms with E-state index in [-0.39, 0.29) is 5.95 Å². The van der Waals surface area contributed by atoms with E-state index in [9.17, 15) is 0 Å². The number of fused-ring (bicyclic) bond motifs is 1. The number of likely N-dealkylation sites (N-methyl/N-ethyl adjacent to an activating group) is 1. The summed E-state index contributed by atoms with van der Waals surface area (Å²) in [6.45, 7) is 10.3. The summed E-state index contributed by atoms with van der Waals surface area (Å²) >= 11 is 1.70. The predicted molar refractivity (Wildman–Crippen MR) is 134 cm³/mol. The van der Waals surface area contributed by atoms with Crippen molar-refractivity contribution in [1.29, 1.82) is 0 Å². The standard InChI is InChI=1S/C23H28N8S/c1-4-31(5-2)13-12-27-23-26-11-9-20(30-23)28-16-6-7-19-17(14-16)15(3)21(32-19)18-8-10-25-22(24)29-18/h6-11,14H,4-5,12-13H2,1-3H3,(H2,24,25,29)(H2,26,27,28,30). The van der Waals surface area contributed by atoms with E-state index in [4.69, 9.17) is 5.73 Å². The fourth-order valence-electron chi connectivity index (χ4n) is 3.57. The fraction of sp³-hybridized carbons (Fsp3) is 0.304. The second-order valence-electron chi connectivity index (χ2n) is 7.41. The molecule has 4 rings (SSSR count). The molecule has 0 aliphatic heterocycles. The lowest BCUT2D eigenvalue weighted by atomic mass is 10.1. The molecule has 0 aliphatic carbocycles. The van der Waals surface area contributed by atoms with Gasteiger partial charge in [0.15, 0.2) is 0 Å². The summed E-state index contributed by atoms with van der Waals surface area (Å²) in [5.41, 5.74) is 8.77. The van der Waals surface area contributed by atoms with Gasteiger partial charge >= 0.3 is 0 Å². The first kappa shape index (κ1) is 21.9. The van der Waals surface area contributed by atoms with Gasteiger partial charge in [0, 0.05) is 35.9 Å². The van der Waals surface area contributed by atoms with Gasteiger partial charge in [-0.15, -0.1) is 11.3 Å². The number of nitrogens with two attached hydrogens (primary N) is 1. The average molecular weight is 449 g/mol. The molecule has 0 amide bonds. The largest absolute Gasteiger partial charge is 0.368 e. The maximum atomic E-state index is 5.77. The molecular weight excluding hydrogens is 420 g/mol. The molecule has 4 N–H and O–H groups in total. The van der Waals surface area contributed by atoms with Crippen molar-refractivity contribution < 1.29 is 0 Å². The Morgan fingerprint density at radius 3 is 2.62 bits per heavy atom. The molecule has 166 valence electrons. The normalized spacial score (nSPS) is 11.2. The molecular formula is C23H28N8S. The van der Waals surface area contributed by atoms with Crippen molar-refractivity contribution >= 4 is 44.8 Å². The first-order valence-electron chi connectivity index (χ1n) is 10.8. The monoisotopic (exact) mass is 448 g/mol. The molecule has 3 heterocycles. The number of nitrogens with one attached hydrogen (secondary N) is 2. The van der Waals surface area contributed by atoms with E-state index in [1.165, 1.54) is 15.6 Å². The zero-order valence-corrected chi connectivity index (χ0v) is 19.4. The molecule has 8 nitrogen and oxygen atoms in total. The number of anilines is 4. The first-order chi connectivity index (χ1) is 15.6. The van der Waals surface area contributed by atoms with Gasteiger partial charge in [0.05, 0.1) is 10.6 Å². The van der Waals surface area contributed by atoms with Gasteiger partial charge < -0.3 is 21.3 Å². The second-order valence-corrected chi connectivity index (χ2v) is 8.46. The number of benzene rings is 1. The number of nitrogen functional groups attached to an aromatic ring is 1. The SMILES string of the molecule is CCN(CC)CCNc1nccc(Nc2ccc3sc(-c4ccnc(N)n4)c(C)c3c2)n1. The summed E-state index contributed by atoms with van der Waals surface area (Å²) in [6, 6.07) is 10.1. The minimum atomic E-state index is 0.284. The third kappa shape index (κ3) is 4.95. The lowest BCUT2D eigenvalue weighted by molar-refractivity contribution is 0.316. The third-order valence-electron chi connectivity index (χ3n) is 5.38. The smallest absolute Gasteiger partial charge is 0.224 e. The molecule has 3 aromatic heterocycles. The molecule has 0 radical (unpaired) electrons. The molecule has 0 atom stereocenters. The molecule has 0 unspecified atom stereocenters. The number of aryl methyl sites for hydroxylation is 1. The Labute approximate surface area is 192 Å². The van der Waals surface area contributed by atoms with Crippen LogP contribution in [0.1, 0.15) is 19.4 Å². The van der Waals surface area contributed by atoms with E-state index in [1.54, 1.807) is 23.7 Å². The lowest BCUT2D eigenvalue weighted by Gasteiger charge is -2.18. The number of nitrogens with zero attached hydrogens (tertiary/aromatic N) is 5. The van der Waals surface area contributed by atoms with Gasteiger partial charge in [0.1, 0.15) is 5.82 Å². The van der Waals surface area contributed by atoms with Crippen LogP contribution in [0, 0.1) is 6.92 Å². The molecule has 0 fully saturated rings. The van der Waals surface area contributed by atoms with Gasteiger partial charge in [-0.2, -0.15) is 4.98 Å². The molecule has 0 saturated carbocycles. The van der Waals surface area contributed by atoms with Crippen molar-refractivity contribution in [3.8, 4) is 10.6 Å². The highest BCUT2D eigenvalue weighted by Crippen LogP contribution is 2.38. The molecule has 1 aromatic carbocycles. The van der Waals surface area contributed by atoms with Crippen LogP contribution in [-0.4, -0.2) is 51.0 Å². The van der Waals surface area contributed by atoms with Crippen LogP contribution in [0.3, 0.4) is 0 Å². The van der Waals surface area contributed by atoms with Crippen LogP contribution in [-0.2, 0) is 0 Å². The molecule has 0 spiro atoms. The maximum absolute atomic E-state index is 5.77. The number of aromatic nitrogens is 4. The van der Waals surface area contributed by atoms with Gasteiger partial charge in [-0.25, -0.2) is 15.0 Å². The summed E-state index contributed by atoms with van der Waals surface area (Å²) in [5.74, 6) is 1.66. The summed E-state index contributed by atoms with van der Waals surface area (Å²) in [6.07, 6.45) is 3.46. The molecule has 32 heavy (non-hydrogen) atoms. The van der Waals surface area contributed by atoms with Crippen molar-refractivity contribution in [2.75, 3.05) is 42.5 Å². The first-order valence-corrected chi connectivity index (χ1v) is 11.6. The third-order valence-corrected chi connectivity index (χ3v) is 6.67. The van der Waals surface area contributed by atoms with Gasteiger partial charge in [-0.05, 0) is 61.3 Å². The summed E-state index contributed by atoms with van der Waals surface area (Å²) in [4.78, 5) is 20.8. The second kappa shape index (κ2) is 9.88. The topological polar surface area (TPSA) is 105 Å². The summed E-state index contributed by atoms with van der Waals surface area (Å²) < 4.78 is 1.20. The summed E-state index contributed by atoms with van der Waals surface area (Å²) in [5, 5.41) is 7.89. The zero-order chi connectivity index (χ0) is 22.5. The Balaban J connectivity index is 1.50. The van der Waals surface area contributed by atoms with Crippen molar-refractivity contribution in [1.82, 2.24) is 24.8 Å². The van der Waals surface area contributed by atoms with Gasteiger partial charge in [0.2, 0.25) is 11.9 Å². The van der Waals surface area contributed by atoms with E-state index in [2.05, 4.69) is 74.4 Å². The van der Waals surface area contributed by atoms with Gasteiger partial charge in [0.25, 0.3) is 0 Å². The van der Waals surface area contributed by atoms with Crippen LogP contribution >= 0.6 is 11.3 Å². The molecule has 0 saturated heterocycles. The molecule has 0 bridgehead atoms. The Bertz CT molecular complexity index is 1200. The Morgan fingerprint density at radius 1 is 1.03 bits per heavy atom. The van der Waals surface area contributed by atoms with Gasteiger partial charge in [-0.3, -0.25) is 0 Å². The highest BCUT2D eigenvalue weighted by molar-refractivity contribution is 7.22. The average Bonchev–Trinajstić information content (AvgIpc) is 3.13. The summed E-state index contributed by atoms with van der Waals surface area (Å²) in [7, 11) is 0. The van der Waals surface area contributed by atoms with E-state index in [0.29, 0.717) is 5.95 Å². The lowest BCUT2D eigenvalue weighted by Crippen LogP contribution is -2.28. The van der Waals surface area contributed by atoms with Crippen molar-refractivity contribution in [3.63, 3.8) is 0 Å². The Morgan fingerprint density at radius 2 is 1.84 bits per heavy atom. The van der Waals surface area contributed by atoms with E-state index in [0.717, 1.165) is 48.3 Å². The minimum Gasteiger partial charge on any atom is -0.368 e. The van der Waals surface area contributed by atoms with Crippen LogP contribution in [0.4, 0.5) is 23.4 Å². The number of hydrogen-bond donors (Lipinski definition) is 3. The number of hydrogen-bond acceptors (Lipinski definition) is 9. The van der Waals surface area contributed by atoms with E-state index >= 15 is 0 Å². The highest BCUT2D eigenvalue weighted by Gasteiger charge is 2.13. The molecule has 0 aliphatic rings. The van der Waals surface area contributed by atoms with Crippen LogP contribution in [0.15, 0.2) is 42.7 Å². The predicted octanol–water partition coefficient (Wildman–Crippen LogP) is 4.54. The molecule has 9 heteroatoms. The fourth-order valence-corrected chi connectivity index (χ4v) is 4.73. The quantitative estimate of drug-likeness (QED) is 0.343. The van der Waals surface area contributed by atoms with E-state index < -0.39 is 0 Å². The van der Waals surface area contributed by atoms with Crippen molar-refractivity contribution in [2.24, 2.45) is 0 Å². The van der Waals surface area contributed by atoms with Crippen LogP contribution in [0.25, 0.3) is 20.7 Å².